The minimum absolute atomic E-state index is 0.179. The summed E-state index contributed by atoms with van der Waals surface area (Å²) in [6.07, 6.45) is 19.7. The number of aromatic hydroxyl groups is 1. The van der Waals surface area contributed by atoms with Crippen molar-refractivity contribution in [3.8, 4) is 23.0 Å². The van der Waals surface area contributed by atoms with E-state index < -0.39 is 8.60 Å². The standard InChI is InChI=1S/C53H77O4P/c1-11-13-15-17-19-21-23-29-41-31-25-27-33-48(41)55-58(56-49-34-28-26-32-42(49)30-24-22-20-18-16-14-12-2)57-50-38-36-44(40-46(50)52(6,7)8)53(9,10)43-35-37-47(54)45(39-43)51(3,4)5/h25-28,31-40,54H,11-24,29-30H2,1-10H3. The van der Waals surface area contributed by atoms with E-state index in [1.165, 1.54) is 93.7 Å². The van der Waals surface area contributed by atoms with Crippen LogP contribution in [0.15, 0.2) is 84.9 Å². The highest BCUT2D eigenvalue weighted by Crippen LogP contribution is 2.48. The van der Waals surface area contributed by atoms with Crippen molar-refractivity contribution in [3.05, 3.63) is 118 Å². The zero-order valence-electron chi connectivity index (χ0n) is 38.0. The van der Waals surface area contributed by atoms with E-state index in [4.69, 9.17) is 13.6 Å². The van der Waals surface area contributed by atoms with Crippen molar-refractivity contribution < 1.29 is 18.7 Å². The van der Waals surface area contributed by atoms with Gasteiger partial charge in [-0.15, -0.1) is 0 Å². The van der Waals surface area contributed by atoms with Crippen LogP contribution in [0.2, 0.25) is 0 Å². The molecule has 58 heavy (non-hydrogen) atoms. The van der Waals surface area contributed by atoms with Gasteiger partial charge in [0.2, 0.25) is 0 Å². The molecule has 0 aromatic heterocycles. The van der Waals surface area contributed by atoms with Gasteiger partial charge in [0, 0.05) is 11.0 Å². The molecule has 0 fully saturated rings. The Kier molecular flexibility index (Phi) is 18.5. The summed E-state index contributed by atoms with van der Waals surface area (Å²) in [5, 5.41) is 10.8. The number of hydrogen-bond acceptors (Lipinski definition) is 4. The molecule has 1 N–H and O–H groups in total. The molecule has 0 radical (unpaired) electrons. The molecule has 0 aliphatic heterocycles. The second kappa shape index (κ2) is 22.8. The lowest BCUT2D eigenvalue weighted by Gasteiger charge is -2.32. The van der Waals surface area contributed by atoms with E-state index in [9.17, 15) is 5.11 Å². The van der Waals surface area contributed by atoms with Crippen molar-refractivity contribution >= 4 is 8.60 Å². The second-order valence-electron chi connectivity index (χ2n) is 19.0. The first-order chi connectivity index (χ1) is 27.6. The molecule has 0 spiro atoms. The molecule has 0 heterocycles. The smallest absolute Gasteiger partial charge is 0.508 e. The SMILES string of the molecule is CCCCCCCCCc1ccccc1OP(Oc1ccccc1CCCCCCCCC)Oc1ccc(C(C)(C)c2ccc(O)c(C(C)(C)C)c2)cc1C(C)(C)C. The summed E-state index contributed by atoms with van der Waals surface area (Å²) in [6, 6.07) is 29.5. The average Bonchev–Trinajstić information content (AvgIpc) is 3.17. The topological polar surface area (TPSA) is 47.9 Å². The molecule has 318 valence electrons. The van der Waals surface area contributed by atoms with Crippen LogP contribution in [-0.2, 0) is 29.1 Å². The summed E-state index contributed by atoms with van der Waals surface area (Å²) in [4.78, 5) is 0. The van der Waals surface area contributed by atoms with Gasteiger partial charge in [0.1, 0.15) is 23.0 Å². The molecule has 0 saturated heterocycles. The van der Waals surface area contributed by atoms with E-state index in [-0.39, 0.29) is 16.2 Å². The Balaban J connectivity index is 1.66. The highest BCUT2D eigenvalue weighted by molar-refractivity contribution is 7.43. The maximum absolute atomic E-state index is 10.8. The van der Waals surface area contributed by atoms with Crippen LogP contribution in [-0.4, -0.2) is 5.11 Å². The van der Waals surface area contributed by atoms with Crippen LogP contribution in [0, 0.1) is 0 Å². The minimum atomic E-state index is -1.87. The van der Waals surface area contributed by atoms with Gasteiger partial charge in [0.05, 0.1) is 0 Å². The van der Waals surface area contributed by atoms with Crippen LogP contribution >= 0.6 is 8.60 Å². The number of unbranched alkanes of at least 4 members (excludes halogenated alkanes) is 12. The van der Waals surface area contributed by atoms with Crippen LogP contribution in [0.3, 0.4) is 0 Å². The Morgan fingerprint density at radius 2 is 0.845 bits per heavy atom. The molecule has 0 aliphatic rings. The lowest BCUT2D eigenvalue weighted by atomic mass is 9.73. The number of para-hydroxylation sites is 2. The van der Waals surface area contributed by atoms with Gasteiger partial charge >= 0.3 is 8.60 Å². The van der Waals surface area contributed by atoms with E-state index in [0.717, 1.165) is 59.6 Å². The first-order valence-corrected chi connectivity index (χ1v) is 23.7. The number of benzene rings is 4. The first kappa shape index (κ1) is 47.2. The number of hydrogen-bond donors (Lipinski definition) is 1. The Morgan fingerprint density at radius 3 is 1.31 bits per heavy atom. The third kappa shape index (κ3) is 14.4. The lowest BCUT2D eigenvalue weighted by Crippen LogP contribution is -2.22. The van der Waals surface area contributed by atoms with Crippen LogP contribution in [0.1, 0.15) is 193 Å². The summed E-state index contributed by atoms with van der Waals surface area (Å²) >= 11 is 0. The van der Waals surface area contributed by atoms with Gasteiger partial charge in [-0.2, -0.15) is 0 Å². The monoisotopic (exact) mass is 809 g/mol. The van der Waals surface area contributed by atoms with Gasteiger partial charge in [-0.1, -0.05) is 207 Å². The number of phenolic OH excluding ortho intramolecular Hbond substituents is 1. The predicted octanol–water partition coefficient (Wildman–Crippen LogP) is 16.7. The Hall–Kier alpha value is -3.49. The molecule has 5 heteroatoms. The summed E-state index contributed by atoms with van der Waals surface area (Å²) in [7, 11) is -1.87. The predicted molar refractivity (Wildman–Crippen MR) is 249 cm³/mol. The molecule has 4 aromatic carbocycles. The highest BCUT2D eigenvalue weighted by Gasteiger charge is 2.31. The average molecular weight is 809 g/mol. The fraction of sp³-hybridized carbons (Fsp3) is 0.547. The molecule has 4 nitrogen and oxygen atoms in total. The lowest BCUT2D eigenvalue weighted by molar-refractivity contribution is 0.378. The van der Waals surface area contributed by atoms with Gasteiger partial charge in [0.25, 0.3) is 0 Å². The van der Waals surface area contributed by atoms with E-state index >= 15 is 0 Å². The van der Waals surface area contributed by atoms with Crippen molar-refractivity contribution in [2.45, 2.75) is 188 Å². The third-order valence-corrected chi connectivity index (χ3v) is 12.6. The number of phenols is 1. The fourth-order valence-electron chi connectivity index (χ4n) is 7.72. The van der Waals surface area contributed by atoms with E-state index in [1.807, 2.05) is 6.07 Å². The number of aryl methyl sites for hydroxylation is 2. The summed E-state index contributed by atoms with van der Waals surface area (Å²) < 4.78 is 20.8. The minimum Gasteiger partial charge on any atom is -0.508 e. The zero-order chi connectivity index (χ0) is 42.2. The van der Waals surface area contributed by atoms with E-state index in [0.29, 0.717) is 5.75 Å². The van der Waals surface area contributed by atoms with Crippen molar-refractivity contribution in [1.29, 1.82) is 0 Å². The molecular weight excluding hydrogens is 732 g/mol. The van der Waals surface area contributed by atoms with Crippen molar-refractivity contribution in [3.63, 3.8) is 0 Å². The molecule has 0 saturated carbocycles. The van der Waals surface area contributed by atoms with Gasteiger partial charge in [-0.25, -0.2) is 0 Å². The highest BCUT2D eigenvalue weighted by atomic mass is 31.2. The number of rotatable bonds is 24. The Labute approximate surface area is 355 Å². The van der Waals surface area contributed by atoms with Crippen molar-refractivity contribution in [1.82, 2.24) is 0 Å². The van der Waals surface area contributed by atoms with Crippen LogP contribution in [0.25, 0.3) is 0 Å². The summed E-state index contributed by atoms with van der Waals surface area (Å²) in [6.45, 7) is 22.2. The van der Waals surface area contributed by atoms with Gasteiger partial charge in [-0.3, -0.25) is 0 Å². The molecule has 4 aromatic rings. The van der Waals surface area contributed by atoms with Gasteiger partial charge in [-0.05, 0) is 88.6 Å². The molecule has 0 unspecified atom stereocenters. The third-order valence-electron chi connectivity index (χ3n) is 11.6. The van der Waals surface area contributed by atoms with Crippen LogP contribution < -0.4 is 13.6 Å². The van der Waals surface area contributed by atoms with Crippen molar-refractivity contribution in [2.24, 2.45) is 0 Å². The van der Waals surface area contributed by atoms with Crippen molar-refractivity contribution in [2.75, 3.05) is 0 Å². The summed E-state index contributed by atoms with van der Waals surface area (Å²) in [5.41, 5.74) is 6.06. The Morgan fingerprint density at radius 1 is 0.448 bits per heavy atom. The van der Waals surface area contributed by atoms with E-state index in [2.05, 4.69) is 148 Å². The molecule has 0 bridgehead atoms. The first-order valence-electron chi connectivity index (χ1n) is 22.6. The quantitative estimate of drug-likeness (QED) is 0.0566. The molecule has 0 amide bonds. The van der Waals surface area contributed by atoms with Crippen LogP contribution in [0.5, 0.6) is 23.0 Å². The van der Waals surface area contributed by atoms with Gasteiger partial charge in [0.15, 0.2) is 0 Å². The zero-order valence-corrected chi connectivity index (χ0v) is 38.9. The van der Waals surface area contributed by atoms with Crippen LogP contribution in [0.4, 0.5) is 0 Å². The largest absolute Gasteiger partial charge is 0.530 e. The molecular formula is C53H77O4P. The van der Waals surface area contributed by atoms with E-state index in [1.54, 1.807) is 0 Å². The normalized spacial score (nSPS) is 12.3. The maximum atomic E-state index is 10.8. The van der Waals surface area contributed by atoms with Gasteiger partial charge < -0.3 is 18.7 Å². The fourth-order valence-corrected chi connectivity index (χ4v) is 8.83. The Bertz CT molecular complexity index is 1750. The maximum Gasteiger partial charge on any atom is 0.530 e. The molecule has 0 aliphatic carbocycles. The molecule has 4 rings (SSSR count). The molecule has 0 atom stereocenters. The summed E-state index contributed by atoms with van der Waals surface area (Å²) in [5.74, 6) is 2.78. The second-order valence-corrected chi connectivity index (χ2v) is 20.0.